The molecule has 1 fully saturated rings. The van der Waals surface area contributed by atoms with Gasteiger partial charge in [0.05, 0.1) is 0 Å². The molecular weight excluding hydrogens is 162 g/mol. The lowest BCUT2D eigenvalue weighted by Crippen LogP contribution is -2.05. The molecule has 0 aromatic carbocycles. The average Bonchev–Trinajstić information content (AvgIpc) is 2.19. The smallest absolute Gasteiger partial charge is 0.210 e. The maximum atomic E-state index is 9.23. The second kappa shape index (κ2) is 3.77. The molecule has 1 N–H and O–H groups in total. The van der Waals surface area contributed by atoms with Crippen LogP contribution in [-0.4, -0.2) is 10.1 Å². The van der Waals surface area contributed by atoms with E-state index in [0.717, 1.165) is 5.69 Å². The van der Waals surface area contributed by atoms with Crippen LogP contribution in [0.5, 0.6) is 5.88 Å². The fraction of sp³-hybridized carbons (Fsp3) is 0.545. The first-order chi connectivity index (χ1) is 6.36. The van der Waals surface area contributed by atoms with Crippen LogP contribution in [0.1, 0.15) is 43.7 Å². The Labute approximate surface area is 78.6 Å². The molecule has 0 atom stereocenters. The van der Waals surface area contributed by atoms with Gasteiger partial charge < -0.3 is 5.11 Å². The second-order valence-electron chi connectivity index (χ2n) is 3.76. The third kappa shape index (κ3) is 2.00. The molecule has 2 rings (SSSR count). The summed E-state index contributed by atoms with van der Waals surface area (Å²) in [5.74, 6) is 0.740. The molecular formula is C11H15NO. The van der Waals surface area contributed by atoms with Crippen LogP contribution in [0.15, 0.2) is 18.2 Å². The molecule has 2 heteroatoms. The summed E-state index contributed by atoms with van der Waals surface area (Å²) in [6.07, 6.45) is 6.44. The van der Waals surface area contributed by atoms with E-state index in [2.05, 4.69) is 4.98 Å². The normalized spacial score (nSPS) is 18.8. The summed E-state index contributed by atoms with van der Waals surface area (Å²) < 4.78 is 0. The van der Waals surface area contributed by atoms with E-state index in [4.69, 9.17) is 0 Å². The van der Waals surface area contributed by atoms with Crippen molar-refractivity contribution >= 4 is 0 Å². The fourth-order valence-corrected chi connectivity index (χ4v) is 2.07. The molecule has 0 radical (unpaired) electrons. The lowest BCUT2D eigenvalue weighted by molar-refractivity contribution is 0.419. The largest absolute Gasteiger partial charge is 0.493 e. The molecule has 1 aromatic rings. The highest BCUT2D eigenvalue weighted by Crippen LogP contribution is 2.31. The van der Waals surface area contributed by atoms with Crippen LogP contribution in [0.2, 0.25) is 0 Å². The van der Waals surface area contributed by atoms with Gasteiger partial charge in [-0.15, -0.1) is 0 Å². The van der Waals surface area contributed by atoms with Gasteiger partial charge in [-0.3, -0.25) is 0 Å². The van der Waals surface area contributed by atoms with E-state index >= 15 is 0 Å². The Balaban J connectivity index is 2.14. The van der Waals surface area contributed by atoms with Crippen LogP contribution in [0.25, 0.3) is 0 Å². The molecule has 0 amide bonds. The first-order valence-corrected chi connectivity index (χ1v) is 5.02. The molecule has 1 aliphatic rings. The molecule has 2 nitrogen and oxygen atoms in total. The zero-order valence-corrected chi connectivity index (χ0v) is 7.74. The molecule has 0 saturated heterocycles. The average molecular weight is 177 g/mol. The van der Waals surface area contributed by atoms with Gasteiger partial charge in [-0.1, -0.05) is 25.3 Å². The van der Waals surface area contributed by atoms with Crippen LogP contribution >= 0.6 is 0 Å². The number of hydrogen-bond donors (Lipinski definition) is 1. The van der Waals surface area contributed by atoms with Crippen molar-refractivity contribution in [1.29, 1.82) is 0 Å². The van der Waals surface area contributed by atoms with Crippen molar-refractivity contribution in [3.8, 4) is 5.88 Å². The number of pyridine rings is 1. The standard InChI is InChI=1S/C11H15NO/c13-11-8-4-7-10(12-11)9-5-2-1-3-6-9/h4,7-9H,1-3,5-6H2,(H,12,13). The maximum Gasteiger partial charge on any atom is 0.210 e. The maximum absolute atomic E-state index is 9.23. The molecule has 1 saturated carbocycles. The van der Waals surface area contributed by atoms with E-state index in [9.17, 15) is 5.11 Å². The third-order valence-electron chi connectivity index (χ3n) is 2.78. The number of nitrogens with zero attached hydrogens (tertiary/aromatic N) is 1. The lowest BCUT2D eigenvalue weighted by Gasteiger charge is -2.20. The molecule has 70 valence electrons. The molecule has 13 heavy (non-hydrogen) atoms. The van der Waals surface area contributed by atoms with Gasteiger partial charge in [0.2, 0.25) is 5.88 Å². The van der Waals surface area contributed by atoms with Gasteiger partial charge in [0.1, 0.15) is 0 Å². The lowest BCUT2D eigenvalue weighted by atomic mass is 9.87. The molecule has 0 unspecified atom stereocenters. The van der Waals surface area contributed by atoms with E-state index in [1.54, 1.807) is 6.07 Å². The van der Waals surface area contributed by atoms with E-state index in [1.165, 1.54) is 32.1 Å². The Morgan fingerprint density at radius 3 is 2.62 bits per heavy atom. The zero-order chi connectivity index (χ0) is 9.10. The summed E-state index contributed by atoms with van der Waals surface area (Å²) in [7, 11) is 0. The van der Waals surface area contributed by atoms with Crippen LogP contribution in [-0.2, 0) is 0 Å². The Morgan fingerprint density at radius 1 is 1.15 bits per heavy atom. The first kappa shape index (κ1) is 8.54. The Bertz CT molecular complexity index is 279. The Kier molecular flexibility index (Phi) is 2.48. The topological polar surface area (TPSA) is 33.1 Å². The Morgan fingerprint density at radius 2 is 1.92 bits per heavy atom. The first-order valence-electron chi connectivity index (χ1n) is 5.02. The van der Waals surface area contributed by atoms with Crippen LogP contribution < -0.4 is 0 Å². The van der Waals surface area contributed by atoms with E-state index in [0.29, 0.717) is 5.92 Å². The highest BCUT2D eigenvalue weighted by molar-refractivity contribution is 5.17. The quantitative estimate of drug-likeness (QED) is 0.715. The molecule has 1 aromatic heterocycles. The van der Waals surface area contributed by atoms with Crippen molar-refractivity contribution in [1.82, 2.24) is 4.98 Å². The molecule has 1 aliphatic carbocycles. The van der Waals surface area contributed by atoms with Crippen molar-refractivity contribution in [2.45, 2.75) is 38.0 Å². The third-order valence-corrected chi connectivity index (χ3v) is 2.78. The summed E-state index contributed by atoms with van der Waals surface area (Å²) in [6, 6.07) is 5.54. The summed E-state index contributed by atoms with van der Waals surface area (Å²) in [5.41, 5.74) is 1.07. The van der Waals surface area contributed by atoms with Gasteiger partial charge in [0.15, 0.2) is 0 Å². The van der Waals surface area contributed by atoms with Crippen molar-refractivity contribution < 1.29 is 5.11 Å². The van der Waals surface area contributed by atoms with Gasteiger partial charge in [-0.2, -0.15) is 0 Å². The predicted molar refractivity (Wildman–Crippen MR) is 51.7 cm³/mol. The molecule has 0 aliphatic heterocycles. The van der Waals surface area contributed by atoms with Crippen molar-refractivity contribution in [2.75, 3.05) is 0 Å². The zero-order valence-electron chi connectivity index (χ0n) is 7.74. The van der Waals surface area contributed by atoms with E-state index in [1.807, 2.05) is 12.1 Å². The SMILES string of the molecule is Oc1cccc(C2CCCCC2)n1. The highest BCUT2D eigenvalue weighted by Gasteiger charge is 2.16. The van der Waals surface area contributed by atoms with Gasteiger partial charge in [-0.05, 0) is 18.9 Å². The van der Waals surface area contributed by atoms with Gasteiger partial charge >= 0.3 is 0 Å². The van der Waals surface area contributed by atoms with E-state index in [-0.39, 0.29) is 5.88 Å². The molecule has 1 heterocycles. The number of hydrogen-bond acceptors (Lipinski definition) is 2. The minimum Gasteiger partial charge on any atom is -0.493 e. The predicted octanol–water partition coefficient (Wildman–Crippen LogP) is 2.83. The monoisotopic (exact) mass is 177 g/mol. The Hall–Kier alpha value is -1.05. The van der Waals surface area contributed by atoms with Crippen molar-refractivity contribution in [2.24, 2.45) is 0 Å². The fourth-order valence-electron chi connectivity index (χ4n) is 2.07. The van der Waals surface area contributed by atoms with Gasteiger partial charge in [0.25, 0.3) is 0 Å². The van der Waals surface area contributed by atoms with Crippen LogP contribution in [0.4, 0.5) is 0 Å². The van der Waals surface area contributed by atoms with E-state index < -0.39 is 0 Å². The molecule has 0 bridgehead atoms. The number of rotatable bonds is 1. The summed E-state index contributed by atoms with van der Waals surface area (Å²) >= 11 is 0. The van der Waals surface area contributed by atoms with Gasteiger partial charge in [-0.25, -0.2) is 4.98 Å². The van der Waals surface area contributed by atoms with Crippen molar-refractivity contribution in [3.05, 3.63) is 23.9 Å². The summed E-state index contributed by atoms with van der Waals surface area (Å²) in [5, 5.41) is 9.23. The summed E-state index contributed by atoms with van der Waals surface area (Å²) in [6.45, 7) is 0. The highest BCUT2D eigenvalue weighted by atomic mass is 16.3. The number of aromatic hydroxyl groups is 1. The van der Waals surface area contributed by atoms with Gasteiger partial charge in [0, 0.05) is 17.7 Å². The minimum absolute atomic E-state index is 0.156. The van der Waals surface area contributed by atoms with Crippen LogP contribution in [0.3, 0.4) is 0 Å². The molecule has 0 spiro atoms. The van der Waals surface area contributed by atoms with Crippen molar-refractivity contribution in [3.63, 3.8) is 0 Å². The minimum atomic E-state index is 0.156. The second-order valence-corrected chi connectivity index (χ2v) is 3.76. The number of aromatic nitrogens is 1. The summed E-state index contributed by atoms with van der Waals surface area (Å²) in [4.78, 5) is 4.15. The van der Waals surface area contributed by atoms with Crippen LogP contribution in [0, 0.1) is 0 Å².